The molecule has 0 atom stereocenters. The van der Waals surface area contributed by atoms with Gasteiger partial charge in [0.2, 0.25) is 0 Å². The molecule has 0 bridgehead atoms. The summed E-state index contributed by atoms with van der Waals surface area (Å²) in [5, 5.41) is 10.1. The molecule has 3 aromatic rings. The van der Waals surface area contributed by atoms with Crippen molar-refractivity contribution in [1.82, 2.24) is 10.2 Å². The van der Waals surface area contributed by atoms with Crippen molar-refractivity contribution in [2.45, 2.75) is 0 Å². The van der Waals surface area contributed by atoms with Crippen molar-refractivity contribution in [2.24, 2.45) is 0 Å². The standard InChI is InChI=1S/C14H10FN3O/c15-9-4-3-5-10(8-9)16-14(19)13-11-6-1-2-7-12(11)17-18-13/h1-8H,(H,16,19)(H,17,18). The molecule has 0 spiro atoms. The Hall–Kier alpha value is -2.69. The molecule has 2 N–H and O–H groups in total. The highest BCUT2D eigenvalue weighted by atomic mass is 19.1. The maximum absolute atomic E-state index is 13.0. The van der Waals surface area contributed by atoms with Crippen LogP contribution in [0.2, 0.25) is 0 Å². The van der Waals surface area contributed by atoms with Gasteiger partial charge in [-0.05, 0) is 24.3 Å². The summed E-state index contributed by atoms with van der Waals surface area (Å²) in [6, 6.07) is 13.1. The highest BCUT2D eigenvalue weighted by molar-refractivity contribution is 6.11. The third kappa shape index (κ3) is 2.18. The summed E-state index contributed by atoms with van der Waals surface area (Å²) in [6.45, 7) is 0. The Morgan fingerprint density at radius 2 is 2.00 bits per heavy atom. The van der Waals surface area contributed by atoms with Gasteiger partial charge >= 0.3 is 0 Å². The average molecular weight is 255 g/mol. The number of halogens is 1. The smallest absolute Gasteiger partial charge is 0.276 e. The van der Waals surface area contributed by atoms with E-state index in [1.54, 1.807) is 12.1 Å². The van der Waals surface area contributed by atoms with Gasteiger partial charge in [0.1, 0.15) is 5.82 Å². The molecule has 0 aliphatic carbocycles. The zero-order valence-corrected chi connectivity index (χ0v) is 9.85. The number of carbonyl (C=O) groups is 1. The van der Waals surface area contributed by atoms with Gasteiger partial charge < -0.3 is 5.32 Å². The number of anilines is 1. The molecule has 1 heterocycles. The van der Waals surface area contributed by atoms with E-state index in [1.165, 1.54) is 18.2 Å². The Morgan fingerprint density at radius 1 is 1.16 bits per heavy atom. The fourth-order valence-electron chi connectivity index (χ4n) is 1.89. The molecular weight excluding hydrogens is 245 g/mol. The number of hydrogen-bond acceptors (Lipinski definition) is 2. The van der Waals surface area contributed by atoms with E-state index in [0.717, 1.165) is 10.9 Å². The molecular formula is C14H10FN3O. The van der Waals surface area contributed by atoms with Gasteiger partial charge in [0, 0.05) is 11.1 Å². The predicted molar refractivity (Wildman–Crippen MR) is 70.4 cm³/mol. The third-order valence-electron chi connectivity index (χ3n) is 2.77. The molecule has 1 aromatic heterocycles. The van der Waals surface area contributed by atoms with Crippen LogP contribution in [0.3, 0.4) is 0 Å². The molecule has 3 rings (SSSR count). The number of nitrogens with zero attached hydrogens (tertiary/aromatic N) is 1. The topological polar surface area (TPSA) is 57.8 Å². The van der Waals surface area contributed by atoms with Crippen LogP contribution in [0, 0.1) is 5.82 Å². The van der Waals surface area contributed by atoms with Crippen LogP contribution in [-0.4, -0.2) is 16.1 Å². The van der Waals surface area contributed by atoms with Crippen LogP contribution in [-0.2, 0) is 0 Å². The second kappa shape index (κ2) is 4.53. The molecule has 1 amide bonds. The lowest BCUT2D eigenvalue weighted by Gasteiger charge is -2.03. The van der Waals surface area contributed by atoms with Crippen molar-refractivity contribution in [3.63, 3.8) is 0 Å². The molecule has 0 aliphatic heterocycles. The molecule has 0 radical (unpaired) electrons. The number of rotatable bonds is 2. The molecule has 0 unspecified atom stereocenters. The number of H-pyrrole nitrogens is 1. The average Bonchev–Trinajstić information content (AvgIpc) is 2.82. The first-order valence-electron chi connectivity index (χ1n) is 5.74. The first-order valence-corrected chi connectivity index (χ1v) is 5.74. The van der Waals surface area contributed by atoms with Gasteiger partial charge in [-0.2, -0.15) is 5.10 Å². The SMILES string of the molecule is O=C(Nc1cccc(F)c1)c1n[nH]c2ccccc12. The maximum Gasteiger partial charge on any atom is 0.276 e. The molecule has 0 saturated carbocycles. The molecule has 94 valence electrons. The minimum atomic E-state index is -0.398. The number of nitrogens with one attached hydrogen (secondary N) is 2. The number of hydrogen-bond donors (Lipinski definition) is 2. The predicted octanol–water partition coefficient (Wildman–Crippen LogP) is 2.95. The number of aromatic nitrogens is 2. The van der Waals surface area contributed by atoms with Gasteiger partial charge in [-0.1, -0.05) is 24.3 Å². The second-order valence-electron chi connectivity index (χ2n) is 4.08. The zero-order valence-electron chi connectivity index (χ0n) is 9.85. The molecule has 0 saturated heterocycles. The highest BCUT2D eigenvalue weighted by Crippen LogP contribution is 2.17. The van der Waals surface area contributed by atoms with Crippen molar-refractivity contribution < 1.29 is 9.18 Å². The minimum Gasteiger partial charge on any atom is -0.320 e. The third-order valence-corrected chi connectivity index (χ3v) is 2.77. The van der Waals surface area contributed by atoms with E-state index in [1.807, 2.05) is 18.2 Å². The van der Waals surface area contributed by atoms with E-state index in [0.29, 0.717) is 11.4 Å². The van der Waals surface area contributed by atoms with E-state index >= 15 is 0 Å². The van der Waals surface area contributed by atoms with E-state index in [9.17, 15) is 9.18 Å². The van der Waals surface area contributed by atoms with E-state index in [2.05, 4.69) is 15.5 Å². The van der Waals surface area contributed by atoms with Crippen molar-refractivity contribution in [3.05, 3.63) is 60.0 Å². The molecule has 5 heteroatoms. The summed E-state index contributed by atoms with van der Waals surface area (Å²) in [6.07, 6.45) is 0. The van der Waals surface area contributed by atoms with E-state index < -0.39 is 5.82 Å². The van der Waals surface area contributed by atoms with Crippen LogP contribution >= 0.6 is 0 Å². The summed E-state index contributed by atoms with van der Waals surface area (Å²) in [7, 11) is 0. The largest absolute Gasteiger partial charge is 0.320 e. The summed E-state index contributed by atoms with van der Waals surface area (Å²) in [4.78, 5) is 12.1. The quantitative estimate of drug-likeness (QED) is 0.739. The van der Waals surface area contributed by atoms with Crippen LogP contribution in [0.1, 0.15) is 10.5 Å². The summed E-state index contributed by atoms with van der Waals surface area (Å²) < 4.78 is 13.0. The van der Waals surface area contributed by atoms with E-state index in [-0.39, 0.29) is 5.91 Å². The maximum atomic E-state index is 13.0. The Balaban J connectivity index is 1.92. The van der Waals surface area contributed by atoms with Gasteiger partial charge in [-0.25, -0.2) is 4.39 Å². The molecule has 19 heavy (non-hydrogen) atoms. The van der Waals surface area contributed by atoms with Gasteiger partial charge in [-0.15, -0.1) is 0 Å². The van der Waals surface area contributed by atoms with Gasteiger partial charge in [0.25, 0.3) is 5.91 Å². The van der Waals surface area contributed by atoms with E-state index in [4.69, 9.17) is 0 Å². The Kier molecular flexibility index (Phi) is 2.72. The first-order chi connectivity index (χ1) is 9.24. The monoisotopic (exact) mass is 255 g/mol. The normalized spacial score (nSPS) is 10.6. The van der Waals surface area contributed by atoms with Crippen LogP contribution in [0.5, 0.6) is 0 Å². The number of aromatic amines is 1. The molecule has 4 nitrogen and oxygen atoms in total. The molecule has 0 fully saturated rings. The Labute approximate surface area is 108 Å². The number of para-hydroxylation sites is 1. The lowest BCUT2D eigenvalue weighted by atomic mass is 10.2. The van der Waals surface area contributed by atoms with Crippen LogP contribution < -0.4 is 5.32 Å². The van der Waals surface area contributed by atoms with Crippen LogP contribution in [0.4, 0.5) is 10.1 Å². The second-order valence-corrected chi connectivity index (χ2v) is 4.08. The number of carbonyl (C=O) groups excluding carboxylic acids is 1. The minimum absolute atomic E-state index is 0.292. The molecule has 0 aliphatic rings. The summed E-state index contributed by atoms with van der Waals surface area (Å²) in [5.41, 5.74) is 1.48. The fourth-order valence-corrected chi connectivity index (χ4v) is 1.89. The zero-order chi connectivity index (χ0) is 13.2. The summed E-state index contributed by atoms with van der Waals surface area (Å²) in [5.74, 6) is -0.771. The Morgan fingerprint density at radius 3 is 2.84 bits per heavy atom. The van der Waals surface area contributed by atoms with Crippen molar-refractivity contribution in [1.29, 1.82) is 0 Å². The van der Waals surface area contributed by atoms with Crippen LogP contribution in [0.25, 0.3) is 10.9 Å². The lowest BCUT2D eigenvalue weighted by Crippen LogP contribution is -2.12. The van der Waals surface area contributed by atoms with Crippen molar-refractivity contribution in [2.75, 3.05) is 5.32 Å². The van der Waals surface area contributed by atoms with Crippen molar-refractivity contribution >= 4 is 22.5 Å². The lowest BCUT2D eigenvalue weighted by molar-refractivity contribution is 0.102. The van der Waals surface area contributed by atoms with Gasteiger partial charge in [0.15, 0.2) is 5.69 Å². The molecule has 2 aromatic carbocycles. The number of fused-ring (bicyclic) bond motifs is 1. The van der Waals surface area contributed by atoms with Crippen LogP contribution in [0.15, 0.2) is 48.5 Å². The fraction of sp³-hybridized carbons (Fsp3) is 0. The Bertz CT molecular complexity index is 751. The van der Waals surface area contributed by atoms with Crippen molar-refractivity contribution in [3.8, 4) is 0 Å². The van der Waals surface area contributed by atoms with Gasteiger partial charge in [0.05, 0.1) is 5.52 Å². The number of benzene rings is 2. The number of amides is 1. The summed E-state index contributed by atoms with van der Waals surface area (Å²) >= 11 is 0. The van der Waals surface area contributed by atoms with Gasteiger partial charge in [-0.3, -0.25) is 9.89 Å². The first kappa shape index (κ1) is 11.4. The highest BCUT2D eigenvalue weighted by Gasteiger charge is 2.13.